The summed E-state index contributed by atoms with van der Waals surface area (Å²) in [7, 11) is 0. The molecule has 1 aromatic rings. The molecule has 2 heterocycles. The van der Waals surface area contributed by atoms with Crippen LogP contribution in [0, 0.1) is 0 Å². The second-order valence-electron chi connectivity index (χ2n) is 6.42. The van der Waals surface area contributed by atoms with E-state index in [4.69, 9.17) is 4.74 Å². The number of hydrogen-bond donors (Lipinski definition) is 2. The Balaban J connectivity index is 1.57. The molecule has 0 radical (unpaired) electrons. The fourth-order valence-corrected chi connectivity index (χ4v) is 3.16. The quantitative estimate of drug-likeness (QED) is 0.874. The molecule has 1 saturated heterocycles. The van der Waals surface area contributed by atoms with Crippen molar-refractivity contribution in [1.82, 2.24) is 10.6 Å². The van der Waals surface area contributed by atoms with Gasteiger partial charge in [0.05, 0.1) is 6.61 Å². The van der Waals surface area contributed by atoms with Gasteiger partial charge in [0.2, 0.25) is 0 Å². The van der Waals surface area contributed by atoms with Crippen LogP contribution < -0.4 is 15.4 Å². The van der Waals surface area contributed by atoms with E-state index in [1.807, 2.05) is 0 Å². The van der Waals surface area contributed by atoms with Gasteiger partial charge in [0.1, 0.15) is 5.75 Å². The Labute approximate surface area is 115 Å². The minimum atomic E-state index is 0.266. The molecule has 2 N–H and O–H groups in total. The zero-order valence-corrected chi connectivity index (χ0v) is 12.0. The SMILES string of the molecule is CC1(C)CC(NCc2ccc3c(c2)CCO3)CCN1. The molecule has 19 heavy (non-hydrogen) atoms. The third-order valence-electron chi connectivity index (χ3n) is 4.20. The maximum atomic E-state index is 5.55. The van der Waals surface area contributed by atoms with Crippen LogP contribution in [0.3, 0.4) is 0 Å². The molecule has 0 bridgehead atoms. The lowest BCUT2D eigenvalue weighted by atomic mass is 9.89. The van der Waals surface area contributed by atoms with Crippen molar-refractivity contribution in [2.75, 3.05) is 13.2 Å². The van der Waals surface area contributed by atoms with Gasteiger partial charge in [-0.3, -0.25) is 0 Å². The molecule has 3 heteroatoms. The van der Waals surface area contributed by atoms with Gasteiger partial charge in [0.25, 0.3) is 0 Å². The molecule has 2 aliphatic rings. The van der Waals surface area contributed by atoms with Crippen molar-refractivity contribution < 1.29 is 4.74 Å². The van der Waals surface area contributed by atoms with Gasteiger partial charge in [-0.25, -0.2) is 0 Å². The van der Waals surface area contributed by atoms with E-state index in [2.05, 4.69) is 42.7 Å². The van der Waals surface area contributed by atoms with Gasteiger partial charge in [-0.2, -0.15) is 0 Å². The van der Waals surface area contributed by atoms with E-state index < -0.39 is 0 Å². The van der Waals surface area contributed by atoms with Crippen molar-refractivity contribution >= 4 is 0 Å². The van der Waals surface area contributed by atoms with Crippen LogP contribution in [0.25, 0.3) is 0 Å². The zero-order valence-electron chi connectivity index (χ0n) is 12.0. The van der Waals surface area contributed by atoms with Crippen molar-refractivity contribution in [3.8, 4) is 5.75 Å². The molecule has 0 spiro atoms. The predicted octanol–water partition coefficient (Wildman–Crippen LogP) is 2.24. The van der Waals surface area contributed by atoms with Gasteiger partial charge in [0, 0.05) is 24.5 Å². The predicted molar refractivity (Wildman–Crippen MR) is 77.6 cm³/mol. The van der Waals surface area contributed by atoms with Crippen molar-refractivity contribution in [1.29, 1.82) is 0 Å². The highest BCUT2D eigenvalue weighted by Gasteiger charge is 2.26. The monoisotopic (exact) mass is 260 g/mol. The van der Waals surface area contributed by atoms with Gasteiger partial charge < -0.3 is 15.4 Å². The summed E-state index contributed by atoms with van der Waals surface area (Å²) in [5.74, 6) is 1.08. The lowest BCUT2D eigenvalue weighted by Gasteiger charge is -2.37. The van der Waals surface area contributed by atoms with Gasteiger partial charge in [-0.1, -0.05) is 12.1 Å². The molecule has 0 amide bonds. The van der Waals surface area contributed by atoms with Crippen LogP contribution in [0.4, 0.5) is 0 Å². The second kappa shape index (κ2) is 5.14. The highest BCUT2D eigenvalue weighted by atomic mass is 16.5. The van der Waals surface area contributed by atoms with Crippen LogP contribution in [0.2, 0.25) is 0 Å². The van der Waals surface area contributed by atoms with E-state index in [9.17, 15) is 0 Å². The molecule has 1 unspecified atom stereocenters. The average molecular weight is 260 g/mol. The third kappa shape index (κ3) is 3.10. The number of ether oxygens (including phenoxy) is 1. The van der Waals surface area contributed by atoms with Crippen LogP contribution in [0.1, 0.15) is 37.8 Å². The largest absolute Gasteiger partial charge is 0.493 e. The summed E-state index contributed by atoms with van der Waals surface area (Å²) in [4.78, 5) is 0. The van der Waals surface area contributed by atoms with Crippen LogP contribution >= 0.6 is 0 Å². The molecule has 3 rings (SSSR count). The van der Waals surface area contributed by atoms with Crippen LogP contribution in [-0.4, -0.2) is 24.7 Å². The highest BCUT2D eigenvalue weighted by Crippen LogP contribution is 2.26. The van der Waals surface area contributed by atoms with Gasteiger partial charge in [-0.05, 0) is 50.4 Å². The normalized spacial score (nSPS) is 24.8. The lowest BCUT2D eigenvalue weighted by Crippen LogP contribution is -2.51. The van der Waals surface area contributed by atoms with Crippen molar-refractivity contribution in [3.05, 3.63) is 29.3 Å². The number of rotatable bonds is 3. The van der Waals surface area contributed by atoms with Crippen LogP contribution in [0.15, 0.2) is 18.2 Å². The Bertz CT molecular complexity index is 456. The van der Waals surface area contributed by atoms with Crippen molar-refractivity contribution in [2.24, 2.45) is 0 Å². The Kier molecular flexibility index (Phi) is 3.50. The summed E-state index contributed by atoms with van der Waals surface area (Å²) in [6.45, 7) is 7.49. The topological polar surface area (TPSA) is 33.3 Å². The number of piperidine rings is 1. The first-order chi connectivity index (χ1) is 9.12. The Morgan fingerprint density at radius 3 is 3.16 bits per heavy atom. The molecular weight excluding hydrogens is 236 g/mol. The van der Waals surface area contributed by atoms with Crippen LogP contribution in [0.5, 0.6) is 5.75 Å². The van der Waals surface area contributed by atoms with E-state index in [0.717, 1.165) is 31.9 Å². The van der Waals surface area contributed by atoms with E-state index in [1.54, 1.807) is 0 Å². The summed E-state index contributed by atoms with van der Waals surface area (Å²) in [6.07, 6.45) is 3.47. The second-order valence-corrected chi connectivity index (χ2v) is 6.42. The Morgan fingerprint density at radius 1 is 1.42 bits per heavy atom. The van der Waals surface area contributed by atoms with Gasteiger partial charge in [0.15, 0.2) is 0 Å². The fourth-order valence-electron chi connectivity index (χ4n) is 3.16. The third-order valence-corrected chi connectivity index (χ3v) is 4.20. The minimum Gasteiger partial charge on any atom is -0.493 e. The van der Waals surface area contributed by atoms with E-state index >= 15 is 0 Å². The zero-order chi connectivity index (χ0) is 13.3. The molecule has 0 aromatic heterocycles. The van der Waals surface area contributed by atoms with Crippen LogP contribution in [-0.2, 0) is 13.0 Å². The molecule has 3 nitrogen and oxygen atoms in total. The first kappa shape index (κ1) is 12.9. The molecule has 2 aliphatic heterocycles. The first-order valence-corrected chi connectivity index (χ1v) is 7.35. The lowest BCUT2D eigenvalue weighted by molar-refractivity contribution is 0.247. The fraction of sp³-hybridized carbons (Fsp3) is 0.625. The van der Waals surface area contributed by atoms with E-state index in [1.165, 1.54) is 24.0 Å². The smallest absolute Gasteiger partial charge is 0.122 e. The average Bonchev–Trinajstić information content (AvgIpc) is 2.82. The molecule has 1 fully saturated rings. The molecule has 0 aliphatic carbocycles. The summed E-state index contributed by atoms with van der Waals surface area (Å²) < 4.78 is 5.55. The maximum Gasteiger partial charge on any atom is 0.122 e. The number of nitrogens with one attached hydrogen (secondary N) is 2. The van der Waals surface area contributed by atoms with Crippen molar-refractivity contribution in [2.45, 2.75) is 51.2 Å². The maximum absolute atomic E-state index is 5.55. The Hall–Kier alpha value is -1.06. The Morgan fingerprint density at radius 2 is 2.32 bits per heavy atom. The first-order valence-electron chi connectivity index (χ1n) is 7.35. The molecule has 1 atom stereocenters. The summed E-state index contributed by atoms with van der Waals surface area (Å²) in [5, 5.41) is 7.27. The van der Waals surface area contributed by atoms with Crippen molar-refractivity contribution in [3.63, 3.8) is 0 Å². The van der Waals surface area contributed by atoms with Gasteiger partial charge >= 0.3 is 0 Å². The molecular formula is C16H24N2O. The summed E-state index contributed by atoms with van der Waals surface area (Å²) in [6, 6.07) is 7.22. The minimum absolute atomic E-state index is 0.266. The van der Waals surface area contributed by atoms with E-state index in [-0.39, 0.29) is 5.54 Å². The number of hydrogen-bond acceptors (Lipinski definition) is 3. The van der Waals surface area contributed by atoms with E-state index in [0.29, 0.717) is 6.04 Å². The summed E-state index contributed by atoms with van der Waals surface area (Å²) in [5.41, 5.74) is 3.01. The number of benzene rings is 1. The summed E-state index contributed by atoms with van der Waals surface area (Å²) >= 11 is 0. The van der Waals surface area contributed by atoms with Gasteiger partial charge in [-0.15, -0.1) is 0 Å². The molecule has 1 aromatic carbocycles. The molecule has 104 valence electrons. The highest BCUT2D eigenvalue weighted by molar-refractivity contribution is 5.39. The number of fused-ring (bicyclic) bond motifs is 1. The molecule has 0 saturated carbocycles. The standard InChI is InChI=1S/C16H24N2O/c1-16(2)10-14(5-7-18-16)17-11-12-3-4-15-13(9-12)6-8-19-15/h3-4,9,14,17-18H,5-8,10-11H2,1-2H3.